The quantitative estimate of drug-likeness (QED) is 0.0261. The summed E-state index contributed by atoms with van der Waals surface area (Å²) in [6, 6.07) is 0. The number of rotatable bonds is 66. The van der Waals surface area contributed by atoms with E-state index in [1.807, 2.05) is 0 Å². The molecule has 6 nitrogen and oxygen atoms in total. The lowest BCUT2D eigenvalue weighted by molar-refractivity contribution is -0.167. The van der Waals surface area contributed by atoms with Crippen LogP contribution < -0.4 is 0 Å². The first-order chi connectivity index (χ1) is 41.0. The van der Waals surface area contributed by atoms with Crippen LogP contribution in [0.2, 0.25) is 0 Å². The largest absolute Gasteiger partial charge is 0.462 e. The molecule has 0 heterocycles. The van der Waals surface area contributed by atoms with E-state index in [2.05, 4.69) is 106 Å². The SMILES string of the molecule is CC/C=C\C/C=C\C/C=C\C/C=C\CCCCCCCCCCC(=O)OC(COC(=O)CCCCCCCCC/C=C\C/C=C\CCCCC)COC(=O)CCCCCCCCCCCCCCCCC/C=C\CCCCCCCCCC. The maximum atomic E-state index is 13.0. The molecule has 0 radical (unpaired) electrons. The Kier molecular flexibility index (Phi) is 68.2. The lowest BCUT2D eigenvalue weighted by Gasteiger charge is -2.18. The van der Waals surface area contributed by atoms with Crippen molar-refractivity contribution in [2.24, 2.45) is 0 Å². The first-order valence-corrected chi connectivity index (χ1v) is 36.1. The fourth-order valence-electron chi connectivity index (χ4n) is 10.5. The van der Waals surface area contributed by atoms with E-state index in [0.717, 1.165) is 103 Å². The Labute approximate surface area is 515 Å². The van der Waals surface area contributed by atoms with Gasteiger partial charge in [0.25, 0.3) is 0 Å². The van der Waals surface area contributed by atoms with Crippen molar-refractivity contribution < 1.29 is 28.6 Å². The molecule has 480 valence electrons. The minimum atomic E-state index is -0.786. The Morgan fingerprint density at radius 3 is 0.771 bits per heavy atom. The molecule has 0 aliphatic rings. The molecule has 0 saturated carbocycles. The van der Waals surface area contributed by atoms with Crippen molar-refractivity contribution in [2.45, 2.75) is 374 Å². The zero-order valence-electron chi connectivity index (χ0n) is 55.2. The van der Waals surface area contributed by atoms with Crippen molar-refractivity contribution in [3.8, 4) is 0 Å². The number of allylic oxidation sites excluding steroid dienone is 14. The molecular formula is C77H136O6. The van der Waals surface area contributed by atoms with Crippen LogP contribution >= 0.6 is 0 Å². The highest BCUT2D eigenvalue weighted by molar-refractivity contribution is 5.71. The lowest BCUT2D eigenvalue weighted by atomic mass is 10.0. The molecule has 0 bridgehead atoms. The summed E-state index contributed by atoms with van der Waals surface area (Å²) in [4.78, 5) is 38.5. The number of hydrogen-bond acceptors (Lipinski definition) is 6. The molecule has 0 aliphatic heterocycles. The monoisotopic (exact) mass is 1160 g/mol. The number of carbonyl (C=O) groups is 3. The molecule has 0 aromatic carbocycles. The summed E-state index contributed by atoms with van der Waals surface area (Å²) in [7, 11) is 0. The van der Waals surface area contributed by atoms with Crippen LogP contribution in [0.25, 0.3) is 0 Å². The van der Waals surface area contributed by atoms with Crippen molar-refractivity contribution in [1.29, 1.82) is 0 Å². The van der Waals surface area contributed by atoms with Gasteiger partial charge in [-0.3, -0.25) is 14.4 Å². The van der Waals surface area contributed by atoms with Gasteiger partial charge in [0.2, 0.25) is 0 Å². The third kappa shape index (κ3) is 69.3. The summed E-state index contributed by atoms with van der Waals surface area (Å²) < 4.78 is 17.0. The maximum absolute atomic E-state index is 13.0. The van der Waals surface area contributed by atoms with Crippen LogP contribution in [0.5, 0.6) is 0 Å². The highest BCUT2D eigenvalue weighted by atomic mass is 16.6. The molecule has 0 rings (SSSR count). The van der Waals surface area contributed by atoms with Gasteiger partial charge in [-0.25, -0.2) is 0 Å². The van der Waals surface area contributed by atoms with Crippen LogP contribution in [0.4, 0.5) is 0 Å². The van der Waals surface area contributed by atoms with Crippen molar-refractivity contribution in [1.82, 2.24) is 0 Å². The van der Waals surface area contributed by atoms with Gasteiger partial charge in [-0.05, 0) is 116 Å². The zero-order valence-corrected chi connectivity index (χ0v) is 55.2. The molecule has 6 heteroatoms. The standard InChI is InChI=1S/C77H136O6/c1-4-7-10-13-16-19-22-25-28-31-33-35-36-37-38-39-40-42-43-46-49-52-55-58-61-64-67-70-76(79)82-73-74(72-81-75(78)69-66-63-60-57-54-51-48-45-30-27-24-21-18-15-12-9-6-3)83-77(80)71-68-65-62-59-56-53-50-47-44-41-34-32-29-26-23-20-17-14-11-8-5-2/h8,11,17-18,20-21,26-27,29-31,33-34,41,74H,4-7,9-10,12-16,19,22-25,28,32,35-40,42-73H2,1-3H3/b11-8-,20-17-,21-18-,29-26-,30-27-,33-31-,41-34-. The van der Waals surface area contributed by atoms with Crippen molar-refractivity contribution in [2.75, 3.05) is 13.2 Å². The Bertz CT molecular complexity index is 1570. The number of unbranched alkanes of at least 4 members (excludes halogenated alkanes) is 41. The molecule has 0 aliphatic carbocycles. The molecule has 0 spiro atoms. The highest BCUT2D eigenvalue weighted by Gasteiger charge is 2.19. The van der Waals surface area contributed by atoms with Crippen LogP contribution in [-0.4, -0.2) is 37.2 Å². The van der Waals surface area contributed by atoms with Crippen LogP contribution in [0.15, 0.2) is 85.1 Å². The maximum Gasteiger partial charge on any atom is 0.306 e. The molecule has 83 heavy (non-hydrogen) atoms. The first kappa shape index (κ1) is 79.6. The van der Waals surface area contributed by atoms with E-state index in [0.29, 0.717) is 19.3 Å². The Hall–Kier alpha value is -3.41. The third-order valence-electron chi connectivity index (χ3n) is 15.9. The van der Waals surface area contributed by atoms with E-state index in [9.17, 15) is 14.4 Å². The summed E-state index contributed by atoms with van der Waals surface area (Å²) in [5.41, 5.74) is 0. The van der Waals surface area contributed by atoms with E-state index in [-0.39, 0.29) is 31.1 Å². The van der Waals surface area contributed by atoms with Gasteiger partial charge < -0.3 is 14.2 Å². The molecule has 1 unspecified atom stereocenters. The van der Waals surface area contributed by atoms with E-state index < -0.39 is 6.10 Å². The average Bonchev–Trinajstić information content (AvgIpc) is 3.50. The fraction of sp³-hybridized carbons (Fsp3) is 0.779. The Balaban J connectivity index is 4.32. The number of ether oxygens (including phenoxy) is 3. The van der Waals surface area contributed by atoms with Gasteiger partial charge in [0.15, 0.2) is 6.10 Å². The molecule has 0 fully saturated rings. The smallest absolute Gasteiger partial charge is 0.306 e. The van der Waals surface area contributed by atoms with Crippen molar-refractivity contribution in [3.63, 3.8) is 0 Å². The van der Waals surface area contributed by atoms with E-state index in [1.165, 1.54) is 225 Å². The Morgan fingerprint density at radius 1 is 0.253 bits per heavy atom. The van der Waals surface area contributed by atoms with Crippen LogP contribution in [-0.2, 0) is 28.6 Å². The summed E-state index contributed by atoms with van der Waals surface area (Å²) in [5, 5.41) is 0. The second kappa shape index (κ2) is 71.1. The van der Waals surface area contributed by atoms with Gasteiger partial charge in [0.05, 0.1) is 0 Å². The fourth-order valence-corrected chi connectivity index (χ4v) is 10.5. The number of esters is 3. The highest BCUT2D eigenvalue weighted by Crippen LogP contribution is 2.18. The summed E-state index contributed by atoms with van der Waals surface area (Å²) in [5.74, 6) is -0.877. The van der Waals surface area contributed by atoms with Gasteiger partial charge in [-0.2, -0.15) is 0 Å². The van der Waals surface area contributed by atoms with Gasteiger partial charge in [-0.1, -0.05) is 318 Å². The number of hydrogen-bond donors (Lipinski definition) is 0. The topological polar surface area (TPSA) is 78.9 Å². The second-order valence-corrected chi connectivity index (χ2v) is 24.1. The second-order valence-electron chi connectivity index (χ2n) is 24.1. The lowest BCUT2D eigenvalue weighted by Crippen LogP contribution is -2.30. The predicted octanol–water partition coefficient (Wildman–Crippen LogP) is 25.0. The summed E-state index contributed by atoms with van der Waals surface area (Å²) >= 11 is 0. The van der Waals surface area contributed by atoms with Crippen LogP contribution in [0, 0.1) is 0 Å². The van der Waals surface area contributed by atoms with Crippen LogP contribution in [0.1, 0.15) is 367 Å². The first-order valence-electron chi connectivity index (χ1n) is 36.1. The average molecular weight is 1160 g/mol. The van der Waals surface area contributed by atoms with E-state index >= 15 is 0 Å². The zero-order chi connectivity index (χ0) is 59.9. The van der Waals surface area contributed by atoms with Gasteiger partial charge in [0, 0.05) is 19.3 Å². The van der Waals surface area contributed by atoms with E-state index in [4.69, 9.17) is 14.2 Å². The van der Waals surface area contributed by atoms with Crippen LogP contribution in [0.3, 0.4) is 0 Å². The minimum Gasteiger partial charge on any atom is -0.462 e. The molecule has 1 atom stereocenters. The molecular weight excluding hydrogens is 1020 g/mol. The molecule has 0 N–H and O–H groups in total. The minimum absolute atomic E-state index is 0.0799. The van der Waals surface area contributed by atoms with Crippen molar-refractivity contribution >= 4 is 17.9 Å². The normalized spacial score (nSPS) is 12.6. The third-order valence-corrected chi connectivity index (χ3v) is 15.9. The molecule has 0 aromatic rings. The van der Waals surface area contributed by atoms with Crippen molar-refractivity contribution in [3.05, 3.63) is 85.1 Å². The summed E-state index contributed by atoms with van der Waals surface area (Å²) in [6.07, 6.45) is 94.7. The van der Waals surface area contributed by atoms with E-state index in [1.54, 1.807) is 0 Å². The predicted molar refractivity (Wildman–Crippen MR) is 362 cm³/mol. The van der Waals surface area contributed by atoms with Gasteiger partial charge in [0.1, 0.15) is 13.2 Å². The Morgan fingerprint density at radius 2 is 0.470 bits per heavy atom. The van der Waals surface area contributed by atoms with Gasteiger partial charge >= 0.3 is 17.9 Å². The van der Waals surface area contributed by atoms with Gasteiger partial charge in [-0.15, -0.1) is 0 Å². The number of carbonyl (C=O) groups excluding carboxylic acids is 3. The molecule has 0 aromatic heterocycles. The summed E-state index contributed by atoms with van der Waals surface area (Å²) in [6.45, 7) is 6.54. The molecule has 0 amide bonds. The molecule has 0 saturated heterocycles.